The van der Waals surface area contributed by atoms with E-state index in [2.05, 4.69) is 15.6 Å². The van der Waals surface area contributed by atoms with Crippen LogP contribution >= 0.6 is 24.0 Å². The van der Waals surface area contributed by atoms with Gasteiger partial charge in [-0.25, -0.2) is 0 Å². The fourth-order valence-corrected chi connectivity index (χ4v) is 3.81. The first-order valence-electron chi connectivity index (χ1n) is 9.22. The number of para-hydroxylation sites is 1. The Morgan fingerprint density at radius 3 is 2.68 bits per heavy atom. The average molecular weight is 512 g/mol. The Morgan fingerprint density at radius 2 is 2.00 bits per heavy atom. The molecule has 28 heavy (non-hydrogen) atoms. The zero-order valence-corrected chi connectivity index (χ0v) is 18.7. The van der Waals surface area contributed by atoms with Crippen molar-refractivity contribution in [3.63, 3.8) is 0 Å². The van der Waals surface area contributed by atoms with Crippen molar-refractivity contribution in [1.82, 2.24) is 15.5 Å². The third-order valence-electron chi connectivity index (χ3n) is 4.93. The maximum Gasteiger partial charge on any atom is 0.401 e. The van der Waals surface area contributed by atoms with E-state index >= 15 is 0 Å². The standard InChI is InChI=1S/C19H27F3N4O.HI/c1-18(2)10-15(14-6-4-5-7-16(14)27-18)25-17(23-3)24-13-8-9-26(11-13)12-19(20,21)22;/h4-7,13,15H,8-12H2,1-3H3,(H2,23,24,25);1H. The van der Waals surface area contributed by atoms with Gasteiger partial charge >= 0.3 is 6.18 Å². The van der Waals surface area contributed by atoms with E-state index in [1.165, 1.54) is 4.90 Å². The van der Waals surface area contributed by atoms with E-state index in [-0.39, 0.29) is 41.7 Å². The summed E-state index contributed by atoms with van der Waals surface area (Å²) in [5, 5.41) is 6.70. The van der Waals surface area contributed by atoms with E-state index in [1.54, 1.807) is 7.05 Å². The van der Waals surface area contributed by atoms with Crippen molar-refractivity contribution in [3.8, 4) is 5.75 Å². The van der Waals surface area contributed by atoms with Crippen molar-refractivity contribution in [3.05, 3.63) is 29.8 Å². The predicted octanol–water partition coefficient (Wildman–Crippen LogP) is 3.71. The Labute approximate surface area is 181 Å². The molecule has 2 atom stereocenters. The lowest BCUT2D eigenvalue weighted by molar-refractivity contribution is -0.143. The number of nitrogens with zero attached hydrogens (tertiary/aromatic N) is 2. The number of fused-ring (bicyclic) bond motifs is 1. The van der Waals surface area contributed by atoms with E-state index in [9.17, 15) is 13.2 Å². The summed E-state index contributed by atoms with van der Waals surface area (Å²) in [7, 11) is 1.67. The van der Waals surface area contributed by atoms with Gasteiger partial charge in [-0.15, -0.1) is 24.0 Å². The van der Waals surface area contributed by atoms with Gasteiger partial charge in [0.05, 0.1) is 12.6 Å². The first-order chi connectivity index (χ1) is 12.6. The van der Waals surface area contributed by atoms with Gasteiger partial charge in [0, 0.05) is 38.2 Å². The van der Waals surface area contributed by atoms with E-state index in [0.717, 1.165) is 17.7 Å². The van der Waals surface area contributed by atoms with Gasteiger partial charge in [0.2, 0.25) is 0 Å². The van der Waals surface area contributed by atoms with Gasteiger partial charge in [-0.2, -0.15) is 13.2 Å². The first-order valence-corrected chi connectivity index (χ1v) is 9.22. The second kappa shape index (κ2) is 9.06. The Hall–Kier alpha value is -1.23. The number of nitrogens with one attached hydrogen (secondary N) is 2. The van der Waals surface area contributed by atoms with Crippen LogP contribution in [0.2, 0.25) is 0 Å². The Kier molecular flexibility index (Phi) is 7.46. The zero-order valence-electron chi connectivity index (χ0n) is 16.3. The minimum atomic E-state index is -4.16. The van der Waals surface area contributed by atoms with E-state index in [4.69, 9.17) is 4.74 Å². The van der Waals surface area contributed by atoms with Crippen molar-refractivity contribution in [2.75, 3.05) is 26.7 Å². The maximum absolute atomic E-state index is 12.6. The van der Waals surface area contributed by atoms with Crippen LogP contribution in [0.1, 0.15) is 38.3 Å². The second-order valence-corrected chi connectivity index (χ2v) is 7.85. The lowest BCUT2D eigenvalue weighted by atomic mass is 9.90. The smallest absolute Gasteiger partial charge is 0.401 e. The van der Waals surface area contributed by atoms with Gasteiger partial charge in [0.1, 0.15) is 11.4 Å². The molecule has 0 saturated carbocycles. The van der Waals surface area contributed by atoms with Crippen LogP contribution < -0.4 is 15.4 Å². The SMILES string of the molecule is CN=C(NC1CCN(CC(F)(F)F)C1)NC1CC(C)(C)Oc2ccccc21.I. The largest absolute Gasteiger partial charge is 0.487 e. The quantitative estimate of drug-likeness (QED) is 0.369. The number of hydrogen-bond donors (Lipinski definition) is 2. The van der Waals surface area contributed by atoms with Crippen molar-refractivity contribution in [2.24, 2.45) is 4.99 Å². The van der Waals surface area contributed by atoms with Gasteiger partial charge in [0.25, 0.3) is 0 Å². The highest BCUT2D eigenvalue weighted by Crippen LogP contribution is 2.39. The van der Waals surface area contributed by atoms with Gasteiger partial charge in [-0.1, -0.05) is 18.2 Å². The summed E-state index contributed by atoms with van der Waals surface area (Å²) in [5.41, 5.74) is 0.742. The van der Waals surface area contributed by atoms with E-state index in [0.29, 0.717) is 25.5 Å². The van der Waals surface area contributed by atoms with Gasteiger partial charge in [-0.05, 0) is 26.3 Å². The molecular formula is C19H28F3IN4O. The minimum absolute atomic E-state index is 0. The number of benzene rings is 1. The molecule has 1 aromatic rings. The molecule has 1 fully saturated rings. The molecule has 0 bridgehead atoms. The fraction of sp³-hybridized carbons (Fsp3) is 0.632. The number of likely N-dealkylation sites (tertiary alicyclic amines) is 1. The second-order valence-electron chi connectivity index (χ2n) is 7.85. The number of rotatable bonds is 3. The third kappa shape index (κ3) is 6.13. The van der Waals surface area contributed by atoms with Gasteiger partial charge in [0.15, 0.2) is 5.96 Å². The molecule has 2 heterocycles. The monoisotopic (exact) mass is 512 g/mol. The Balaban J connectivity index is 0.00000280. The van der Waals surface area contributed by atoms with Crippen molar-refractivity contribution in [2.45, 2.75) is 50.6 Å². The summed E-state index contributed by atoms with van der Waals surface area (Å²) in [6.07, 6.45) is -2.74. The zero-order chi connectivity index (χ0) is 19.7. The first kappa shape index (κ1) is 23.1. The number of guanidine groups is 1. The summed E-state index contributed by atoms with van der Waals surface area (Å²) in [5.74, 6) is 1.45. The minimum Gasteiger partial charge on any atom is -0.487 e. The fourth-order valence-electron chi connectivity index (χ4n) is 3.81. The molecular weight excluding hydrogens is 484 g/mol. The molecule has 0 aromatic heterocycles. The van der Waals surface area contributed by atoms with Crippen LogP contribution in [-0.2, 0) is 0 Å². The predicted molar refractivity (Wildman–Crippen MR) is 114 cm³/mol. The molecule has 9 heteroatoms. The normalized spacial score (nSPS) is 24.7. The number of ether oxygens (including phenoxy) is 1. The van der Waals surface area contributed by atoms with Crippen LogP contribution in [0.3, 0.4) is 0 Å². The highest BCUT2D eigenvalue weighted by Gasteiger charge is 2.36. The van der Waals surface area contributed by atoms with E-state index < -0.39 is 12.7 Å². The highest BCUT2D eigenvalue weighted by atomic mass is 127. The molecule has 5 nitrogen and oxygen atoms in total. The van der Waals surface area contributed by atoms with E-state index in [1.807, 2.05) is 38.1 Å². The molecule has 0 aliphatic carbocycles. The highest BCUT2D eigenvalue weighted by molar-refractivity contribution is 14.0. The molecule has 2 N–H and O–H groups in total. The summed E-state index contributed by atoms with van der Waals surface area (Å²) in [6, 6.07) is 7.85. The lowest BCUT2D eigenvalue weighted by Gasteiger charge is -2.38. The molecule has 1 saturated heterocycles. The molecule has 158 valence electrons. The summed E-state index contributed by atoms with van der Waals surface area (Å²) in [6.45, 7) is 4.01. The molecule has 3 rings (SSSR count). The molecule has 1 aromatic carbocycles. The summed E-state index contributed by atoms with van der Waals surface area (Å²) in [4.78, 5) is 5.71. The van der Waals surface area contributed by atoms with Crippen LogP contribution in [0.15, 0.2) is 29.3 Å². The van der Waals surface area contributed by atoms with Crippen molar-refractivity contribution >= 4 is 29.9 Å². The molecule has 2 unspecified atom stereocenters. The van der Waals surface area contributed by atoms with Gasteiger partial charge in [-0.3, -0.25) is 9.89 Å². The number of halogens is 4. The third-order valence-corrected chi connectivity index (χ3v) is 4.93. The van der Waals surface area contributed by atoms with Crippen LogP contribution in [0.4, 0.5) is 13.2 Å². The maximum atomic E-state index is 12.6. The summed E-state index contributed by atoms with van der Waals surface area (Å²) >= 11 is 0. The average Bonchev–Trinajstić information content (AvgIpc) is 2.98. The van der Waals surface area contributed by atoms with Crippen molar-refractivity contribution < 1.29 is 17.9 Å². The number of aliphatic imine (C=N–C) groups is 1. The Bertz CT molecular complexity index is 696. The summed E-state index contributed by atoms with van der Waals surface area (Å²) < 4.78 is 43.8. The molecule has 2 aliphatic heterocycles. The number of alkyl halides is 3. The van der Waals surface area contributed by atoms with Crippen LogP contribution in [0, 0.1) is 0 Å². The van der Waals surface area contributed by atoms with Crippen LogP contribution in [0.25, 0.3) is 0 Å². The molecule has 2 aliphatic rings. The van der Waals surface area contributed by atoms with Crippen LogP contribution in [0.5, 0.6) is 5.75 Å². The topological polar surface area (TPSA) is 48.9 Å². The molecule has 0 spiro atoms. The van der Waals surface area contributed by atoms with Crippen LogP contribution in [-0.4, -0.2) is 55.4 Å². The van der Waals surface area contributed by atoms with Crippen molar-refractivity contribution in [1.29, 1.82) is 0 Å². The molecule has 0 radical (unpaired) electrons. The Morgan fingerprint density at radius 1 is 1.29 bits per heavy atom. The molecule has 0 amide bonds. The van der Waals surface area contributed by atoms with Gasteiger partial charge < -0.3 is 15.4 Å². The number of hydrogen-bond acceptors (Lipinski definition) is 3. The lowest BCUT2D eigenvalue weighted by Crippen LogP contribution is -2.48.